The highest BCUT2D eigenvalue weighted by Gasteiger charge is 2.44. The Morgan fingerprint density at radius 2 is 1.79 bits per heavy atom. The number of pyridine rings is 2. The number of hydrogen-bond donors (Lipinski definition) is 0. The average molecular weight is 634 g/mol. The van der Waals surface area contributed by atoms with Crippen molar-refractivity contribution in [3.05, 3.63) is 60.3 Å². The summed E-state index contributed by atoms with van der Waals surface area (Å²) in [5, 5.41) is 14.3. The van der Waals surface area contributed by atoms with Gasteiger partial charge in [-0.3, -0.25) is 14.8 Å². The third kappa shape index (κ3) is 6.01. The van der Waals surface area contributed by atoms with E-state index in [2.05, 4.69) is 36.9 Å². The second-order valence-corrected chi connectivity index (χ2v) is 13.9. The number of nitrogens with zero attached hydrogens (tertiary/aromatic N) is 9. The van der Waals surface area contributed by atoms with Gasteiger partial charge in [0.2, 0.25) is 5.88 Å². The van der Waals surface area contributed by atoms with Gasteiger partial charge in [0.15, 0.2) is 0 Å². The van der Waals surface area contributed by atoms with Gasteiger partial charge in [0.1, 0.15) is 24.2 Å². The molecule has 1 saturated carbocycles. The lowest BCUT2D eigenvalue weighted by Crippen LogP contribution is -2.68. The molecule has 8 heterocycles. The van der Waals surface area contributed by atoms with E-state index in [9.17, 15) is 5.26 Å². The third-order valence-electron chi connectivity index (χ3n) is 11.2. The lowest BCUT2D eigenvalue weighted by molar-refractivity contribution is -0.00879. The fourth-order valence-electron chi connectivity index (χ4n) is 8.39. The number of methoxy groups -OCH3 is 1. The van der Waals surface area contributed by atoms with Gasteiger partial charge in [-0.2, -0.15) is 10.4 Å². The first-order valence-electron chi connectivity index (χ1n) is 17.2. The number of anilines is 1. The van der Waals surface area contributed by atoms with Crippen molar-refractivity contribution in [1.82, 2.24) is 34.4 Å². The smallest absolute Gasteiger partial charge is 0.212 e. The normalized spacial score (nSPS) is 22.6. The van der Waals surface area contributed by atoms with Crippen molar-refractivity contribution in [2.75, 3.05) is 51.3 Å². The summed E-state index contributed by atoms with van der Waals surface area (Å²) in [4.78, 5) is 21.5. The van der Waals surface area contributed by atoms with E-state index in [1.54, 1.807) is 17.8 Å². The fraction of sp³-hybridized carbons (Fsp3) is 0.528. The lowest BCUT2D eigenvalue weighted by atomic mass is 9.68. The molecule has 0 N–H and O–H groups in total. The van der Waals surface area contributed by atoms with Gasteiger partial charge in [0.25, 0.3) is 0 Å². The van der Waals surface area contributed by atoms with E-state index in [0.717, 1.165) is 61.9 Å². The molecule has 5 aliphatic rings. The lowest BCUT2D eigenvalue weighted by Gasteiger charge is -2.56. The largest absolute Gasteiger partial charge is 0.491 e. The molecule has 2 atom stereocenters. The number of rotatable bonds is 9. The Morgan fingerprint density at radius 3 is 2.49 bits per heavy atom. The van der Waals surface area contributed by atoms with Gasteiger partial charge in [-0.15, -0.1) is 0 Å². The van der Waals surface area contributed by atoms with Crippen LogP contribution < -0.4 is 14.4 Å². The topological polar surface area (TPSA) is 108 Å². The Kier molecular flexibility index (Phi) is 8.15. The zero-order valence-corrected chi connectivity index (χ0v) is 27.2. The average Bonchev–Trinajstić information content (AvgIpc) is 3.55. The number of nitriles is 1. The van der Waals surface area contributed by atoms with Crippen LogP contribution in [-0.2, 0) is 6.54 Å². The molecule has 11 heteroatoms. The molecule has 1 aliphatic carbocycles. The summed E-state index contributed by atoms with van der Waals surface area (Å²) in [6.45, 7) is 6.57. The molecule has 4 saturated heterocycles. The van der Waals surface area contributed by atoms with E-state index in [1.807, 2.05) is 36.9 Å². The Balaban J connectivity index is 0.921. The summed E-state index contributed by atoms with van der Waals surface area (Å²) in [6, 6.07) is 9.25. The van der Waals surface area contributed by atoms with Crippen molar-refractivity contribution < 1.29 is 9.47 Å². The van der Waals surface area contributed by atoms with Gasteiger partial charge >= 0.3 is 0 Å². The number of piperidine rings is 2. The molecule has 0 unspecified atom stereocenters. The first-order chi connectivity index (χ1) is 23.1. The van der Waals surface area contributed by atoms with Gasteiger partial charge < -0.3 is 14.4 Å². The van der Waals surface area contributed by atoms with Gasteiger partial charge in [0.05, 0.1) is 48.7 Å². The number of aromatic nitrogens is 5. The summed E-state index contributed by atoms with van der Waals surface area (Å²) in [7, 11) is 1.64. The highest BCUT2D eigenvalue weighted by Crippen LogP contribution is 2.44. The molecule has 244 valence electrons. The van der Waals surface area contributed by atoms with Crippen LogP contribution in [0.2, 0.25) is 0 Å². The van der Waals surface area contributed by atoms with E-state index in [-0.39, 0.29) is 0 Å². The van der Waals surface area contributed by atoms with E-state index < -0.39 is 0 Å². The van der Waals surface area contributed by atoms with Crippen LogP contribution >= 0.6 is 0 Å². The van der Waals surface area contributed by atoms with Crippen LogP contribution in [0.3, 0.4) is 0 Å². The maximum absolute atomic E-state index is 9.83. The maximum atomic E-state index is 9.83. The van der Waals surface area contributed by atoms with Gasteiger partial charge in [-0.25, -0.2) is 14.5 Å². The highest BCUT2D eigenvalue weighted by atomic mass is 16.5. The van der Waals surface area contributed by atoms with Crippen molar-refractivity contribution in [2.45, 2.75) is 70.0 Å². The molecule has 4 aromatic rings. The summed E-state index contributed by atoms with van der Waals surface area (Å²) in [5.74, 6) is 2.24. The van der Waals surface area contributed by atoms with E-state index in [4.69, 9.17) is 19.4 Å². The molecule has 1 spiro atoms. The summed E-state index contributed by atoms with van der Waals surface area (Å²) >= 11 is 0. The van der Waals surface area contributed by atoms with Crippen LogP contribution in [-0.4, -0.2) is 92.9 Å². The van der Waals surface area contributed by atoms with Crippen molar-refractivity contribution in [3.8, 4) is 29.0 Å². The first kappa shape index (κ1) is 30.1. The zero-order valence-electron chi connectivity index (χ0n) is 27.2. The van der Waals surface area contributed by atoms with Crippen molar-refractivity contribution in [3.63, 3.8) is 0 Å². The number of ether oxygens (including phenoxy) is 2. The quantitative estimate of drug-likeness (QED) is 0.251. The second kappa shape index (κ2) is 12.7. The molecule has 2 bridgehead atoms. The molecule has 0 amide bonds. The van der Waals surface area contributed by atoms with Crippen LogP contribution in [0, 0.1) is 16.7 Å². The number of fused-ring (bicyclic) bond motifs is 3. The minimum atomic E-state index is 0.481. The van der Waals surface area contributed by atoms with Crippen LogP contribution in [0.15, 0.2) is 49.2 Å². The SMILES string of the molecule is COc1ccc(CN2[C@@H]3C[C@H]2CN(c2cnc(-c4cc(OCCN5CCC6(CCCCC6)CC5)cn5ncc(C#N)c45)cn2)C3)cn1. The minimum absolute atomic E-state index is 0.481. The number of likely N-dealkylation sites (tertiary alicyclic amines) is 1. The Bertz CT molecular complexity index is 1720. The number of piperazine rings is 1. The molecule has 0 aromatic carbocycles. The maximum Gasteiger partial charge on any atom is 0.212 e. The van der Waals surface area contributed by atoms with Gasteiger partial charge in [-0.05, 0) is 62.2 Å². The third-order valence-corrected chi connectivity index (χ3v) is 11.2. The summed E-state index contributed by atoms with van der Waals surface area (Å²) in [5.41, 5.74) is 4.53. The van der Waals surface area contributed by atoms with Gasteiger partial charge in [0, 0.05) is 56.1 Å². The molecular weight excluding hydrogens is 590 g/mol. The predicted molar refractivity (Wildman–Crippen MR) is 178 cm³/mol. The molecule has 4 aromatic heterocycles. The zero-order chi connectivity index (χ0) is 31.8. The number of hydrogen-bond acceptors (Lipinski definition) is 10. The van der Waals surface area contributed by atoms with Crippen molar-refractivity contribution in [1.29, 1.82) is 5.26 Å². The first-order valence-corrected chi connectivity index (χ1v) is 17.2. The Hall–Kier alpha value is -4.27. The monoisotopic (exact) mass is 633 g/mol. The Labute approximate surface area is 276 Å². The fourth-order valence-corrected chi connectivity index (χ4v) is 8.39. The van der Waals surface area contributed by atoms with Crippen LogP contribution in [0.25, 0.3) is 16.8 Å². The highest BCUT2D eigenvalue weighted by molar-refractivity contribution is 5.83. The van der Waals surface area contributed by atoms with Crippen molar-refractivity contribution >= 4 is 11.3 Å². The standard InChI is InChI=1S/C36H43N9O2/c1-46-34-6-5-26(18-40-34)22-44-28-15-29(44)24-43(23-28)33-21-38-32(20-39-33)31-16-30(25-45-35(31)27(17-37)19-41-45)47-14-13-42-11-9-36(10-12-42)7-3-2-4-8-36/h5-6,16,18-21,25,28-29H,2-4,7-15,22-24H2,1H3/t28-,29+. The van der Waals surface area contributed by atoms with Crippen LogP contribution in [0.4, 0.5) is 5.82 Å². The van der Waals surface area contributed by atoms with Crippen LogP contribution in [0.5, 0.6) is 11.6 Å². The van der Waals surface area contributed by atoms with Crippen LogP contribution in [0.1, 0.15) is 62.5 Å². The minimum Gasteiger partial charge on any atom is -0.491 e. The molecule has 9 rings (SSSR count). The molecule has 4 aliphatic heterocycles. The summed E-state index contributed by atoms with van der Waals surface area (Å²) in [6.07, 6.45) is 20.0. The predicted octanol–water partition coefficient (Wildman–Crippen LogP) is 4.95. The molecular formula is C36H43N9O2. The van der Waals surface area contributed by atoms with Crippen molar-refractivity contribution in [2.24, 2.45) is 5.41 Å². The van der Waals surface area contributed by atoms with Gasteiger partial charge in [-0.1, -0.05) is 25.3 Å². The van der Waals surface area contributed by atoms with E-state index >= 15 is 0 Å². The molecule has 11 nitrogen and oxygen atoms in total. The molecule has 0 radical (unpaired) electrons. The van der Waals surface area contributed by atoms with E-state index in [0.29, 0.717) is 41.2 Å². The molecule has 47 heavy (non-hydrogen) atoms. The second-order valence-electron chi connectivity index (χ2n) is 13.9. The molecule has 5 fully saturated rings. The van der Waals surface area contributed by atoms with E-state index in [1.165, 1.54) is 56.9 Å². The Morgan fingerprint density at radius 1 is 0.957 bits per heavy atom. The summed E-state index contributed by atoms with van der Waals surface area (Å²) < 4.78 is 13.2.